The molecule has 0 spiro atoms. The SMILES string of the molecule is Cc1ccc(N=Nc2cc(N=Nc3ccc(O)cc3)c(O)cc2O)cc1. The zero-order chi connectivity index (χ0) is 18.5. The highest BCUT2D eigenvalue weighted by molar-refractivity contribution is 5.65. The molecular weight excluding hydrogens is 332 g/mol. The zero-order valence-electron chi connectivity index (χ0n) is 13.9. The minimum atomic E-state index is -0.237. The fraction of sp³-hybridized carbons (Fsp3) is 0.0526. The normalized spacial score (nSPS) is 11.4. The van der Waals surface area contributed by atoms with Gasteiger partial charge in [-0.1, -0.05) is 17.7 Å². The molecular formula is C19H16N4O3. The summed E-state index contributed by atoms with van der Waals surface area (Å²) >= 11 is 0. The minimum absolute atomic E-state index is 0.121. The van der Waals surface area contributed by atoms with Crippen molar-refractivity contribution < 1.29 is 15.3 Å². The van der Waals surface area contributed by atoms with Gasteiger partial charge in [-0.2, -0.15) is 10.2 Å². The summed E-state index contributed by atoms with van der Waals surface area (Å²) in [6.07, 6.45) is 0. The largest absolute Gasteiger partial charge is 0.508 e. The van der Waals surface area contributed by atoms with Crippen molar-refractivity contribution in [3.63, 3.8) is 0 Å². The lowest BCUT2D eigenvalue weighted by Crippen LogP contribution is -1.73. The number of rotatable bonds is 4. The quantitative estimate of drug-likeness (QED) is 0.507. The van der Waals surface area contributed by atoms with Crippen molar-refractivity contribution in [2.75, 3.05) is 0 Å². The second kappa shape index (κ2) is 7.43. The Morgan fingerprint density at radius 3 is 1.54 bits per heavy atom. The fourth-order valence-corrected chi connectivity index (χ4v) is 2.07. The van der Waals surface area contributed by atoms with Gasteiger partial charge in [-0.25, -0.2) is 0 Å². The van der Waals surface area contributed by atoms with Gasteiger partial charge in [0.05, 0.1) is 11.4 Å². The van der Waals surface area contributed by atoms with E-state index in [2.05, 4.69) is 20.5 Å². The standard InChI is InChI=1S/C19H16N4O3/c1-12-2-4-13(5-3-12)20-22-16-10-17(19(26)11-18(16)25)23-21-14-6-8-15(24)9-7-14/h2-11,24-26H,1H3. The van der Waals surface area contributed by atoms with E-state index in [1.807, 2.05) is 31.2 Å². The summed E-state index contributed by atoms with van der Waals surface area (Å²) in [6, 6.07) is 16.1. The van der Waals surface area contributed by atoms with E-state index < -0.39 is 0 Å². The first-order valence-electron chi connectivity index (χ1n) is 7.76. The molecule has 3 aromatic rings. The molecule has 0 radical (unpaired) electrons. The van der Waals surface area contributed by atoms with Gasteiger partial charge in [0.15, 0.2) is 0 Å². The number of phenols is 3. The number of hydrogen-bond acceptors (Lipinski definition) is 7. The summed E-state index contributed by atoms with van der Waals surface area (Å²) in [4.78, 5) is 0. The van der Waals surface area contributed by atoms with Gasteiger partial charge in [-0.05, 0) is 43.3 Å². The van der Waals surface area contributed by atoms with Crippen LogP contribution in [0.1, 0.15) is 5.56 Å². The third-order valence-corrected chi connectivity index (χ3v) is 3.50. The maximum absolute atomic E-state index is 9.94. The first kappa shape index (κ1) is 17.1. The molecule has 3 rings (SSSR count). The Morgan fingerprint density at radius 2 is 1.04 bits per heavy atom. The van der Waals surface area contributed by atoms with Crippen LogP contribution in [0.15, 0.2) is 81.1 Å². The van der Waals surface area contributed by atoms with Gasteiger partial charge in [0.25, 0.3) is 0 Å². The van der Waals surface area contributed by atoms with E-state index in [-0.39, 0.29) is 28.6 Å². The number of aryl methyl sites for hydroxylation is 1. The van der Waals surface area contributed by atoms with Crippen LogP contribution in [-0.2, 0) is 0 Å². The molecule has 26 heavy (non-hydrogen) atoms. The molecule has 0 saturated heterocycles. The van der Waals surface area contributed by atoms with Crippen molar-refractivity contribution in [1.29, 1.82) is 0 Å². The van der Waals surface area contributed by atoms with Gasteiger partial charge < -0.3 is 15.3 Å². The molecule has 3 aromatic carbocycles. The molecule has 0 aliphatic rings. The zero-order valence-corrected chi connectivity index (χ0v) is 13.9. The molecule has 0 bridgehead atoms. The van der Waals surface area contributed by atoms with E-state index in [1.54, 1.807) is 12.1 Å². The summed E-state index contributed by atoms with van der Waals surface area (Å²) in [5, 5.41) is 45.1. The topological polar surface area (TPSA) is 110 Å². The molecule has 0 aliphatic carbocycles. The van der Waals surface area contributed by atoms with Crippen molar-refractivity contribution >= 4 is 22.7 Å². The summed E-state index contributed by atoms with van der Waals surface area (Å²) < 4.78 is 0. The second-order valence-electron chi connectivity index (χ2n) is 5.58. The van der Waals surface area contributed by atoms with E-state index in [4.69, 9.17) is 0 Å². The van der Waals surface area contributed by atoms with Gasteiger partial charge in [-0.15, -0.1) is 10.2 Å². The number of nitrogens with zero attached hydrogens (tertiary/aromatic N) is 4. The van der Waals surface area contributed by atoms with Crippen molar-refractivity contribution in [1.82, 2.24) is 0 Å². The summed E-state index contributed by atoms with van der Waals surface area (Å²) in [7, 11) is 0. The Balaban J connectivity index is 1.86. The predicted molar refractivity (Wildman–Crippen MR) is 97.4 cm³/mol. The van der Waals surface area contributed by atoms with Crippen LogP contribution >= 0.6 is 0 Å². The number of azo groups is 2. The van der Waals surface area contributed by atoms with Gasteiger partial charge in [0.1, 0.15) is 28.6 Å². The molecule has 0 amide bonds. The van der Waals surface area contributed by atoms with Crippen LogP contribution < -0.4 is 0 Å². The maximum Gasteiger partial charge on any atom is 0.146 e. The Morgan fingerprint density at radius 1 is 0.577 bits per heavy atom. The molecule has 0 heterocycles. The van der Waals surface area contributed by atoms with Crippen molar-refractivity contribution in [2.45, 2.75) is 6.92 Å². The first-order chi connectivity index (χ1) is 12.5. The molecule has 0 atom stereocenters. The smallest absolute Gasteiger partial charge is 0.146 e. The lowest BCUT2D eigenvalue weighted by atomic mass is 10.2. The molecule has 130 valence electrons. The Bertz CT molecular complexity index is 889. The van der Waals surface area contributed by atoms with Crippen molar-refractivity contribution in [3.8, 4) is 17.2 Å². The van der Waals surface area contributed by atoms with Crippen LogP contribution in [0.5, 0.6) is 17.2 Å². The molecule has 0 fully saturated rings. The number of phenolic OH excluding ortho intramolecular Hbond substituents is 3. The number of benzene rings is 3. The second-order valence-corrected chi connectivity index (χ2v) is 5.58. The van der Waals surface area contributed by atoms with E-state index in [0.29, 0.717) is 11.4 Å². The Labute approximate surface area is 149 Å². The van der Waals surface area contributed by atoms with E-state index in [1.165, 1.54) is 18.2 Å². The third-order valence-electron chi connectivity index (χ3n) is 3.50. The van der Waals surface area contributed by atoms with Crippen LogP contribution in [-0.4, -0.2) is 15.3 Å². The Kier molecular flexibility index (Phi) is 4.89. The molecule has 0 aliphatic heterocycles. The minimum Gasteiger partial charge on any atom is -0.508 e. The third kappa shape index (κ3) is 4.21. The van der Waals surface area contributed by atoms with Gasteiger partial charge >= 0.3 is 0 Å². The van der Waals surface area contributed by atoms with E-state index in [9.17, 15) is 15.3 Å². The first-order valence-corrected chi connectivity index (χ1v) is 7.76. The highest BCUT2D eigenvalue weighted by Crippen LogP contribution is 2.39. The molecule has 0 saturated carbocycles. The lowest BCUT2D eigenvalue weighted by molar-refractivity contribution is 0.452. The molecule has 0 aromatic heterocycles. The van der Waals surface area contributed by atoms with Gasteiger partial charge in [-0.3, -0.25) is 0 Å². The highest BCUT2D eigenvalue weighted by Gasteiger charge is 2.08. The number of aromatic hydroxyl groups is 3. The molecule has 7 nitrogen and oxygen atoms in total. The predicted octanol–water partition coefficient (Wildman–Crippen LogP) is 5.94. The fourth-order valence-electron chi connectivity index (χ4n) is 2.07. The van der Waals surface area contributed by atoms with Gasteiger partial charge in [0.2, 0.25) is 0 Å². The summed E-state index contributed by atoms with van der Waals surface area (Å²) in [6.45, 7) is 1.97. The highest BCUT2D eigenvalue weighted by atomic mass is 16.3. The number of hydrogen-bond donors (Lipinski definition) is 3. The average molecular weight is 348 g/mol. The molecule has 3 N–H and O–H groups in total. The lowest BCUT2D eigenvalue weighted by Gasteiger charge is -2.02. The maximum atomic E-state index is 9.94. The summed E-state index contributed by atoms with van der Waals surface area (Å²) in [5.74, 6) is -0.337. The van der Waals surface area contributed by atoms with Crippen LogP contribution in [0, 0.1) is 6.92 Å². The Hall–Kier alpha value is -3.74. The van der Waals surface area contributed by atoms with E-state index >= 15 is 0 Å². The van der Waals surface area contributed by atoms with Crippen LogP contribution in [0.2, 0.25) is 0 Å². The van der Waals surface area contributed by atoms with Crippen LogP contribution in [0.4, 0.5) is 22.7 Å². The molecule has 0 unspecified atom stereocenters. The van der Waals surface area contributed by atoms with Gasteiger partial charge in [0, 0.05) is 12.1 Å². The summed E-state index contributed by atoms with van der Waals surface area (Å²) in [5.41, 5.74) is 2.53. The average Bonchev–Trinajstić information content (AvgIpc) is 2.63. The van der Waals surface area contributed by atoms with Crippen LogP contribution in [0.3, 0.4) is 0 Å². The molecule has 7 heteroatoms. The van der Waals surface area contributed by atoms with Crippen LogP contribution in [0.25, 0.3) is 0 Å². The van der Waals surface area contributed by atoms with E-state index in [0.717, 1.165) is 11.6 Å². The van der Waals surface area contributed by atoms with Crippen molar-refractivity contribution in [3.05, 3.63) is 66.2 Å². The van der Waals surface area contributed by atoms with Crippen molar-refractivity contribution in [2.24, 2.45) is 20.5 Å². The monoisotopic (exact) mass is 348 g/mol.